The van der Waals surface area contributed by atoms with Crippen LogP contribution in [0.5, 0.6) is 0 Å². The predicted molar refractivity (Wildman–Crippen MR) is 77.0 cm³/mol. The maximum absolute atomic E-state index is 11.9. The molecule has 0 unspecified atom stereocenters. The summed E-state index contributed by atoms with van der Waals surface area (Å²) >= 11 is 0. The van der Waals surface area contributed by atoms with Crippen molar-refractivity contribution in [2.75, 3.05) is 17.7 Å². The van der Waals surface area contributed by atoms with E-state index >= 15 is 0 Å². The Labute approximate surface area is 114 Å². The Morgan fingerprint density at radius 1 is 1.37 bits per heavy atom. The lowest BCUT2D eigenvalue weighted by atomic mass is 9.98. The van der Waals surface area contributed by atoms with E-state index in [-0.39, 0.29) is 18.6 Å². The van der Waals surface area contributed by atoms with Crippen molar-refractivity contribution in [3.63, 3.8) is 0 Å². The zero-order valence-corrected chi connectivity index (χ0v) is 11.4. The number of hydrogen-bond donors (Lipinski definition) is 2. The van der Waals surface area contributed by atoms with Crippen LogP contribution in [0.4, 0.5) is 11.4 Å². The third-order valence-corrected chi connectivity index (χ3v) is 3.57. The van der Waals surface area contributed by atoms with Crippen molar-refractivity contribution >= 4 is 17.3 Å². The number of carbonyl (C=O) groups is 1. The van der Waals surface area contributed by atoms with Crippen molar-refractivity contribution in [2.24, 2.45) is 0 Å². The topological polar surface area (TPSA) is 64.3 Å². The van der Waals surface area contributed by atoms with Gasteiger partial charge in [-0.2, -0.15) is 0 Å². The molecule has 3 N–H and O–H groups in total. The molecule has 0 atom stereocenters. The highest BCUT2D eigenvalue weighted by Gasteiger charge is 2.15. The molecule has 1 aliphatic carbocycles. The molecular weight excluding hydrogens is 240 g/mol. The number of benzene rings is 1. The maximum atomic E-state index is 11.9. The second kappa shape index (κ2) is 6.57. The van der Waals surface area contributed by atoms with E-state index in [1.165, 1.54) is 19.3 Å². The van der Waals surface area contributed by atoms with E-state index < -0.39 is 0 Å². The first-order valence-corrected chi connectivity index (χ1v) is 6.93. The van der Waals surface area contributed by atoms with Crippen LogP contribution >= 0.6 is 0 Å². The van der Waals surface area contributed by atoms with Crippen LogP contribution in [0.3, 0.4) is 0 Å². The molecule has 0 saturated heterocycles. The molecule has 0 heterocycles. The zero-order valence-electron chi connectivity index (χ0n) is 11.4. The summed E-state index contributed by atoms with van der Waals surface area (Å²) in [5.74, 6) is -0.133. The normalized spacial score (nSPS) is 16.3. The van der Waals surface area contributed by atoms with Gasteiger partial charge in [0.25, 0.3) is 0 Å². The fourth-order valence-electron chi connectivity index (χ4n) is 2.46. The van der Waals surface area contributed by atoms with E-state index in [1.807, 2.05) is 19.1 Å². The lowest BCUT2D eigenvalue weighted by Gasteiger charge is -2.21. The molecule has 104 valence electrons. The second-order valence-corrected chi connectivity index (χ2v) is 5.16. The van der Waals surface area contributed by atoms with Crippen LogP contribution in [0.25, 0.3) is 0 Å². The highest BCUT2D eigenvalue weighted by atomic mass is 16.5. The van der Waals surface area contributed by atoms with Gasteiger partial charge in [-0.15, -0.1) is 0 Å². The van der Waals surface area contributed by atoms with E-state index in [1.54, 1.807) is 6.07 Å². The van der Waals surface area contributed by atoms with Gasteiger partial charge < -0.3 is 15.8 Å². The average Bonchev–Trinajstić information content (AvgIpc) is 2.42. The molecule has 1 saturated carbocycles. The molecule has 1 amide bonds. The molecule has 0 radical (unpaired) electrons. The Bertz CT molecular complexity index is 420. The number of rotatable bonds is 4. The van der Waals surface area contributed by atoms with Gasteiger partial charge in [-0.05, 0) is 31.4 Å². The number of amides is 1. The minimum absolute atomic E-state index is 0.110. The van der Waals surface area contributed by atoms with Crippen LogP contribution in [-0.2, 0) is 9.53 Å². The number of nitrogen functional groups attached to an aromatic ring is 1. The maximum Gasteiger partial charge on any atom is 0.250 e. The predicted octanol–water partition coefficient (Wildman–Crippen LogP) is 2.87. The molecule has 0 aliphatic heterocycles. The fraction of sp³-hybridized carbons (Fsp3) is 0.533. The fourth-order valence-corrected chi connectivity index (χ4v) is 2.46. The van der Waals surface area contributed by atoms with E-state index in [2.05, 4.69) is 5.32 Å². The van der Waals surface area contributed by atoms with E-state index in [9.17, 15) is 4.79 Å². The minimum atomic E-state index is -0.133. The summed E-state index contributed by atoms with van der Waals surface area (Å²) < 4.78 is 5.64. The summed E-state index contributed by atoms with van der Waals surface area (Å²) in [4.78, 5) is 11.9. The van der Waals surface area contributed by atoms with Gasteiger partial charge in [-0.3, -0.25) is 4.79 Å². The van der Waals surface area contributed by atoms with E-state index in [0.717, 1.165) is 18.4 Å². The average molecular weight is 262 g/mol. The molecule has 4 heteroatoms. The summed E-state index contributed by atoms with van der Waals surface area (Å²) in [5.41, 5.74) is 8.10. The number of nitrogens with two attached hydrogens (primary N) is 1. The second-order valence-electron chi connectivity index (χ2n) is 5.16. The summed E-state index contributed by atoms with van der Waals surface area (Å²) in [6, 6.07) is 5.58. The minimum Gasteiger partial charge on any atom is -0.397 e. The molecule has 19 heavy (non-hydrogen) atoms. The van der Waals surface area contributed by atoms with Gasteiger partial charge in [0.05, 0.1) is 17.5 Å². The molecule has 1 aromatic carbocycles. The Morgan fingerprint density at radius 3 is 2.79 bits per heavy atom. The third-order valence-electron chi connectivity index (χ3n) is 3.57. The molecule has 0 spiro atoms. The molecule has 0 aromatic heterocycles. The molecule has 2 rings (SSSR count). The lowest BCUT2D eigenvalue weighted by molar-refractivity contribution is -0.123. The summed E-state index contributed by atoms with van der Waals surface area (Å²) in [5, 5.41) is 2.83. The molecule has 1 fully saturated rings. The van der Waals surface area contributed by atoms with Crippen LogP contribution in [-0.4, -0.2) is 18.6 Å². The highest BCUT2D eigenvalue weighted by molar-refractivity contribution is 5.95. The van der Waals surface area contributed by atoms with Gasteiger partial charge in [-0.1, -0.05) is 31.4 Å². The largest absolute Gasteiger partial charge is 0.397 e. The Hall–Kier alpha value is -1.55. The Morgan fingerprint density at radius 2 is 2.11 bits per heavy atom. The van der Waals surface area contributed by atoms with Crippen molar-refractivity contribution in [1.82, 2.24) is 0 Å². The molecule has 1 aliphatic rings. The van der Waals surface area contributed by atoms with Crippen LogP contribution in [0, 0.1) is 6.92 Å². The van der Waals surface area contributed by atoms with E-state index in [4.69, 9.17) is 10.5 Å². The SMILES string of the molecule is Cc1cccc(N)c1NC(=O)COC1CCCCC1. The number of aryl methyl sites for hydroxylation is 1. The summed E-state index contributed by atoms with van der Waals surface area (Å²) in [6.07, 6.45) is 6.08. The van der Waals surface area contributed by atoms with Gasteiger partial charge >= 0.3 is 0 Å². The Kier molecular flexibility index (Phi) is 4.80. The standard InChI is InChI=1S/C15H22N2O2/c1-11-6-5-9-13(16)15(11)17-14(18)10-19-12-7-3-2-4-8-12/h5-6,9,12H,2-4,7-8,10,16H2,1H3,(H,17,18). The zero-order chi connectivity index (χ0) is 13.7. The van der Waals surface area contributed by atoms with Gasteiger partial charge in [0.2, 0.25) is 5.91 Å². The quantitative estimate of drug-likeness (QED) is 0.820. The van der Waals surface area contributed by atoms with Crippen molar-refractivity contribution in [1.29, 1.82) is 0 Å². The van der Waals surface area contributed by atoms with Gasteiger partial charge in [0.1, 0.15) is 6.61 Å². The molecular formula is C15H22N2O2. The van der Waals surface area contributed by atoms with E-state index in [0.29, 0.717) is 11.4 Å². The first-order valence-electron chi connectivity index (χ1n) is 6.93. The molecule has 1 aromatic rings. The number of anilines is 2. The molecule has 4 nitrogen and oxygen atoms in total. The van der Waals surface area contributed by atoms with Gasteiger partial charge in [0.15, 0.2) is 0 Å². The van der Waals surface area contributed by atoms with Crippen molar-refractivity contribution < 1.29 is 9.53 Å². The van der Waals surface area contributed by atoms with Gasteiger partial charge in [0, 0.05) is 0 Å². The monoisotopic (exact) mass is 262 g/mol. The van der Waals surface area contributed by atoms with Crippen molar-refractivity contribution in [2.45, 2.75) is 45.1 Å². The van der Waals surface area contributed by atoms with Crippen LogP contribution in [0.2, 0.25) is 0 Å². The Balaban J connectivity index is 1.83. The third kappa shape index (κ3) is 3.96. The van der Waals surface area contributed by atoms with Crippen LogP contribution in [0.15, 0.2) is 18.2 Å². The number of hydrogen-bond acceptors (Lipinski definition) is 3. The first-order chi connectivity index (χ1) is 9.16. The van der Waals surface area contributed by atoms with Crippen molar-refractivity contribution in [3.8, 4) is 0 Å². The smallest absolute Gasteiger partial charge is 0.250 e. The summed E-state index contributed by atoms with van der Waals surface area (Å²) in [7, 11) is 0. The van der Waals surface area contributed by atoms with Crippen LogP contribution < -0.4 is 11.1 Å². The summed E-state index contributed by atoms with van der Waals surface area (Å²) in [6.45, 7) is 2.03. The number of para-hydroxylation sites is 1. The number of ether oxygens (including phenoxy) is 1. The highest BCUT2D eigenvalue weighted by Crippen LogP contribution is 2.23. The molecule has 0 bridgehead atoms. The van der Waals surface area contributed by atoms with Gasteiger partial charge in [-0.25, -0.2) is 0 Å². The number of nitrogens with one attached hydrogen (secondary N) is 1. The van der Waals surface area contributed by atoms with Crippen LogP contribution in [0.1, 0.15) is 37.7 Å². The number of carbonyl (C=O) groups excluding carboxylic acids is 1. The first kappa shape index (κ1) is 13.9. The lowest BCUT2D eigenvalue weighted by Crippen LogP contribution is -2.25. The van der Waals surface area contributed by atoms with Crippen molar-refractivity contribution in [3.05, 3.63) is 23.8 Å².